The lowest BCUT2D eigenvalue weighted by atomic mass is 9.94. The van der Waals surface area contributed by atoms with E-state index in [9.17, 15) is 0 Å². The van der Waals surface area contributed by atoms with E-state index in [1.165, 1.54) is 49.3 Å². The van der Waals surface area contributed by atoms with Gasteiger partial charge in [0.1, 0.15) is 0 Å². The highest BCUT2D eigenvalue weighted by molar-refractivity contribution is 6.09. The smallest absolute Gasteiger partial charge is 0.160 e. The minimum absolute atomic E-state index is 0.733. The van der Waals surface area contributed by atoms with Gasteiger partial charge in [-0.3, -0.25) is 0 Å². The second-order valence-corrected chi connectivity index (χ2v) is 13.7. The Bertz CT molecular complexity index is 2820. The fraction of sp³-hybridized carbons (Fsp3) is 0.0400. The third kappa shape index (κ3) is 5.64. The molecular formula is C50H35N3. The summed E-state index contributed by atoms with van der Waals surface area (Å²) in [7, 11) is 0. The first-order valence-corrected chi connectivity index (χ1v) is 18.3. The van der Waals surface area contributed by atoms with E-state index in [0.717, 1.165) is 58.0 Å². The lowest BCUT2D eigenvalue weighted by Gasteiger charge is -2.13. The van der Waals surface area contributed by atoms with E-state index in [1.54, 1.807) is 0 Å². The molecule has 0 N–H and O–H groups in total. The third-order valence-electron chi connectivity index (χ3n) is 10.4. The molecule has 1 aliphatic rings. The van der Waals surface area contributed by atoms with Crippen molar-refractivity contribution < 1.29 is 0 Å². The summed E-state index contributed by atoms with van der Waals surface area (Å²) in [5.74, 6) is 0.733. The Balaban J connectivity index is 1.03. The van der Waals surface area contributed by atoms with E-state index in [1.807, 2.05) is 6.07 Å². The van der Waals surface area contributed by atoms with E-state index in [2.05, 4.69) is 187 Å². The van der Waals surface area contributed by atoms with Crippen molar-refractivity contribution in [1.82, 2.24) is 14.5 Å². The standard InChI is InChI=1S/C50H35N3/c1-3-13-36(14-4-1)46-33-47(37-15-5-2-6-16-37)52-50(51-46)38-28-25-35(26-29-38)42-22-12-17-34-27-30-40(32-45(34)42)39-18-11-19-41(31-39)53-48-23-9-7-20-43(48)44-21-8-10-24-49(44)53/h1,3-5,7-33H,2,6H2. The maximum Gasteiger partial charge on any atom is 0.160 e. The van der Waals surface area contributed by atoms with Gasteiger partial charge in [0.15, 0.2) is 5.82 Å². The molecule has 0 saturated carbocycles. The zero-order valence-corrected chi connectivity index (χ0v) is 29.2. The molecule has 0 spiro atoms. The van der Waals surface area contributed by atoms with Crippen molar-refractivity contribution in [2.24, 2.45) is 0 Å². The number of rotatable bonds is 6. The normalized spacial score (nSPS) is 12.8. The van der Waals surface area contributed by atoms with Crippen LogP contribution in [0.5, 0.6) is 0 Å². The molecule has 10 rings (SSSR count). The van der Waals surface area contributed by atoms with E-state index in [-0.39, 0.29) is 0 Å². The number of hydrogen-bond donors (Lipinski definition) is 0. The summed E-state index contributed by atoms with van der Waals surface area (Å²) in [4.78, 5) is 10.1. The van der Waals surface area contributed by atoms with Gasteiger partial charge in [0.25, 0.3) is 0 Å². The van der Waals surface area contributed by atoms with Gasteiger partial charge in [0, 0.05) is 27.6 Å². The predicted octanol–water partition coefficient (Wildman–Crippen LogP) is 13.1. The van der Waals surface area contributed by atoms with Gasteiger partial charge in [0.05, 0.1) is 22.4 Å². The molecule has 0 fully saturated rings. The molecule has 2 aromatic heterocycles. The minimum atomic E-state index is 0.733. The van der Waals surface area contributed by atoms with Crippen LogP contribution in [0.3, 0.4) is 0 Å². The van der Waals surface area contributed by atoms with Gasteiger partial charge in [-0.25, -0.2) is 9.97 Å². The van der Waals surface area contributed by atoms with Gasteiger partial charge in [-0.2, -0.15) is 0 Å². The zero-order valence-electron chi connectivity index (χ0n) is 29.2. The minimum Gasteiger partial charge on any atom is -0.309 e. The van der Waals surface area contributed by atoms with E-state index in [4.69, 9.17) is 9.97 Å². The lowest BCUT2D eigenvalue weighted by Crippen LogP contribution is -1.98. The van der Waals surface area contributed by atoms with Crippen LogP contribution in [-0.2, 0) is 0 Å². The number of aromatic nitrogens is 3. The Kier molecular flexibility index (Phi) is 7.62. The van der Waals surface area contributed by atoms with Crippen molar-refractivity contribution in [2.75, 3.05) is 0 Å². The van der Waals surface area contributed by atoms with Crippen molar-refractivity contribution in [2.45, 2.75) is 12.8 Å². The average Bonchev–Trinajstić information content (AvgIpc) is 3.58. The molecule has 250 valence electrons. The van der Waals surface area contributed by atoms with Gasteiger partial charge in [0.2, 0.25) is 0 Å². The molecule has 1 aliphatic carbocycles. The molecule has 0 bridgehead atoms. The van der Waals surface area contributed by atoms with E-state index >= 15 is 0 Å². The third-order valence-corrected chi connectivity index (χ3v) is 10.4. The van der Waals surface area contributed by atoms with Crippen LogP contribution in [0.2, 0.25) is 0 Å². The van der Waals surface area contributed by atoms with Crippen LogP contribution >= 0.6 is 0 Å². The van der Waals surface area contributed by atoms with Gasteiger partial charge < -0.3 is 4.57 Å². The topological polar surface area (TPSA) is 30.7 Å². The molecule has 2 heterocycles. The molecule has 53 heavy (non-hydrogen) atoms. The van der Waals surface area contributed by atoms with E-state index < -0.39 is 0 Å². The highest BCUT2D eigenvalue weighted by Gasteiger charge is 2.15. The van der Waals surface area contributed by atoms with E-state index in [0.29, 0.717) is 0 Å². The molecule has 3 nitrogen and oxygen atoms in total. The molecule has 0 radical (unpaired) electrons. The Morgan fingerprint density at radius 1 is 0.434 bits per heavy atom. The van der Waals surface area contributed by atoms with Crippen molar-refractivity contribution in [3.05, 3.63) is 194 Å². The summed E-state index contributed by atoms with van der Waals surface area (Å²) in [6, 6.07) is 60.9. The largest absolute Gasteiger partial charge is 0.309 e. The number of fused-ring (bicyclic) bond motifs is 4. The molecule has 0 atom stereocenters. The molecular weight excluding hydrogens is 643 g/mol. The van der Waals surface area contributed by atoms with Crippen LogP contribution in [0.15, 0.2) is 188 Å². The SMILES string of the molecule is C1=CC(c2cc(-c3ccccc3)nc(-c3ccc(-c4cccc5ccc(-c6cccc(-n7c8ccccc8c8ccccc87)c6)cc45)cc3)n2)=CCC1. The van der Waals surface area contributed by atoms with Crippen LogP contribution in [0.4, 0.5) is 0 Å². The summed E-state index contributed by atoms with van der Waals surface area (Å²) in [6.45, 7) is 0. The van der Waals surface area contributed by atoms with Crippen LogP contribution in [0, 0.1) is 0 Å². The summed E-state index contributed by atoms with van der Waals surface area (Å²) in [6.07, 6.45) is 8.79. The Hall–Kier alpha value is -6.84. The number of benzene rings is 7. The Morgan fingerprint density at radius 2 is 1.09 bits per heavy atom. The van der Waals surface area contributed by atoms with Crippen molar-refractivity contribution in [1.29, 1.82) is 0 Å². The van der Waals surface area contributed by atoms with Crippen LogP contribution in [0.25, 0.3) is 88.7 Å². The number of hydrogen-bond acceptors (Lipinski definition) is 2. The van der Waals surface area contributed by atoms with Gasteiger partial charge in [-0.1, -0.05) is 152 Å². The monoisotopic (exact) mass is 677 g/mol. The summed E-state index contributed by atoms with van der Waals surface area (Å²) in [5, 5.41) is 4.97. The van der Waals surface area contributed by atoms with Gasteiger partial charge in [-0.05, 0) is 87.8 Å². The average molecular weight is 678 g/mol. The maximum absolute atomic E-state index is 5.08. The highest BCUT2D eigenvalue weighted by Crippen LogP contribution is 2.36. The first-order valence-electron chi connectivity index (χ1n) is 18.3. The Morgan fingerprint density at radius 3 is 1.87 bits per heavy atom. The van der Waals surface area contributed by atoms with Crippen molar-refractivity contribution in [3.8, 4) is 50.6 Å². The van der Waals surface area contributed by atoms with Gasteiger partial charge >= 0.3 is 0 Å². The van der Waals surface area contributed by atoms with Crippen LogP contribution in [-0.4, -0.2) is 14.5 Å². The molecule has 0 unspecified atom stereocenters. The van der Waals surface area contributed by atoms with Crippen molar-refractivity contribution >= 4 is 38.2 Å². The first kappa shape index (κ1) is 30.9. The fourth-order valence-corrected chi connectivity index (χ4v) is 7.81. The fourth-order valence-electron chi connectivity index (χ4n) is 7.81. The molecule has 9 aromatic rings. The quantitative estimate of drug-likeness (QED) is 0.175. The molecule has 0 saturated heterocycles. The second-order valence-electron chi connectivity index (χ2n) is 13.7. The van der Waals surface area contributed by atoms with Crippen LogP contribution < -0.4 is 0 Å². The summed E-state index contributed by atoms with van der Waals surface area (Å²) < 4.78 is 2.38. The summed E-state index contributed by atoms with van der Waals surface area (Å²) in [5.41, 5.74) is 13.4. The van der Waals surface area contributed by atoms with Crippen molar-refractivity contribution in [3.63, 3.8) is 0 Å². The molecule has 7 aromatic carbocycles. The maximum atomic E-state index is 5.08. The number of allylic oxidation sites excluding steroid dienone is 4. The second kappa shape index (κ2) is 13.0. The number of nitrogens with zero attached hydrogens (tertiary/aromatic N) is 3. The molecule has 0 amide bonds. The highest BCUT2D eigenvalue weighted by atomic mass is 15.0. The molecule has 3 heteroatoms. The zero-order chi connectivity index (χ0) is 35.1. The van der Waals surface area contributed by atoms with Crippen LogP contribution in [0.1, 0.15) is 18.5 Å². The Labute approximate surface area is 308 Å². The lowest BCUT2D eigenvalue weighted by molar-refractivity contribution is 1.03. The first-order chi connectivity index (χ1) is 26.3. The number of para-hydroxylation sites is 2. The van der Waals surface area contributed by atoms with Gasteiger partial charge in [-0.15, -0.1) is 0 Å². The molecule has 0 aliphatic heterocycles. The summed E-state index contributed by atoms with van der Waals surface area (Å²) >= 11 is 0. The predicted molar refractivity (Wildman–Crippen MR) is 222 cm³/mol.